The smallest absolute Gasteiger partial charge is 0.0762 e. The van der Waals surface area contributed by atoms with E-state index in [4.69, 9.17) is 0 Å². The van der Waals surface area contributed by atoms with Crippen LogP contribution in [0.25, 0.3) is 0 Å². The first kappa shape index (κ1) is 15.8. The van der Waals surface area contributed by atoms with E-state index in [1.54, 1.807) is 6.92 Å². The number of aliphatic hydroxyl groups excluding tert-OH is 1. The van der Waals surface area contributed by atoms with Crippen LogP contribution in [0.4, 0.5) is 5.69 Å². The molecule has 20 heavy (non-hydrogen) atoms. The Hall–Kier alpha value is -0.580. The van der Waals surface area contributed by atoms with E-state index in [1.165, 1.54) is 25.1 Å². The lowest BCUT2D eigenvalue weighted by atomic mass is 10.1. The van der Waals surface area contributed by atoms with Gasteiger partial charge in [0.2, 0.25) is 0 Å². The number of aliphatic hydroxyl groups is 1. The molecule has 112 valence electrons. The molecular formula is C16H25BrN2O. The Balaban J connectivity index is 2.07. The van der Waals surface area contributed by atoms with Crippen molar-refractivity contribution in [3.8, 4) is 0 Å². The first-order valence-corrected chi connectivity index (χ1v) is 8.25. The molecule has 0 radical (unpaired) electrons. The Morgan fingerprint density at radius 2 is 2.25 bits per heavy atom. The highest BCUT2D eigenvalue weighted by Crippen LogP contribution is 2.30. The minimum Gasteiger partial charge on any atom is -0.389 e. The summed E-state index contributed by atoms with van der Waals surface area (Å²) in [6.45, 7) is 7.47. The Labute approximate surface area is 130 Å². The molecule has 2 atom stereocenters. The van der Waals surface area contributed by atoms with Crippen LogP contribution in [0.15, 0.2) is 22.7 Å². The normalized spacial score (nSPS) is 21.1. The average molecular weight is 341 g/mol. The zero-order valence-corrected chi connectivity index (χ0v) is 14.2. The third-order valence-electron chi connectivity index (χ3n) is 4.26. The molecule has 0 saturated carbocycles. The molecule has 1 aromatic rings. The van der Waals surface area contributed by atoms with Crippen molar-refractivity contribution in [1.29, 1.82) is 0 Å². The minimum absolute atomic E-state index is 0.420. The fourth-order valence-corrected chi connectivity index (χ4v) is 3.72. The molecule has 1 fully saturated rings. The van der Waals surface area contributed by atoms with Crippen LogP contribution < -0.4 is 4.90 Å². The predicted molar refractivity (Wildman–Crippen MR) is 88.3 cm³/mol. The lowest BCUT2D eigenvalue weighted by Crippen LogP contribution is -2.38. The number of benzene rings is 1. The lowest BCUT2D eigenvalue weighted by molar-refractivity contribution is 0.199. The van der Waals surface area contributed by atoms with Crippen molar-refractivity contribution in [1.82, 2.24) is 4.90 Å². The summed E-state index contributed by atoms with van der Waals surface area (Å²) < 4.78 is 1.06. The van der Waals surface area contributed by atoms with Crippen LogP contribution in [0.5, 0.6) is 0 Å². The van der Waals surface area contributed by atoms with Crippen molar-refractivity contribution in [2.24, 2.45) is 0 Å². The van der Waals surface area contributed by atoms with Gasteiger partial charge in [-0.05, 0) is 66.5 Å². The fraction of sp³-hybridized carbons (Fsp3) is 0.625. The lowest BCUT2D eigenvalue weighted by Gasteiger charge is -2.29. The maximum absolute atomic E-state index is 9.63. The van der Waals surface area contributed by atoms with Gasteiger partial charge in [-0.2, -0.15) is 0 Å². The zero-order valence-electron chi connectivity index (χ0n) is 12.6. The van der Waals surface area contributed by atoms with Crippen LogP contribution in [0.3, 0.4) is 0 Å². The molecule has 0 bridgehead atoms. The van der Waals surface area contributed by atoms with Gasteiger partial charge in [-0.25, -0.2) is 0 Å². The summed E-state index contributed by atoms with van der Waals surface area (Å²) >= 11 is 3.63. The van der Waals surface area contributed by atoms with Crippen molar-refractivity contribution in [2.45, 2.75) is 38.8 Å². The van der Waals surface area contributed by atoms with Crippen molar-refractivity contribution in [2.75, 3.05) is 31.6 Å². The Morgan fingerprint density at radius 3 is 2.85 bits per heavy atom. The molecule has 0 aliphatic carbocycles. The molecule has 2 rings (SSSR count). The molecule has 1 aliphatic heterocycles. The van der Waals surface area contributed by atoms with Crippen molar-refractivity contribution in [3.05, 3.63) is 28.2 Å². The Bertz CT molecular complexity index is 450. The maximum atomic E-state index is 9.63. The number of hydrogen-bond donors (Lipinski definition) is 1. The van der Waals surface area contributed by atoms with Gasteiger partial charge in [0.15, 0.2) is 0 Å². The van der Waals surface area contributed by atoms with E-state index in [-0.39, 0.29) is 0 Å². The van der Waals surface area contributed by atoms with Crippen molar-refractivity contribution < 1.29 is 5.11 Å². The second-order valence-electron chi connectivity index (χ2n) is 5.69. The van der Waals surface area contributed by atoms with E-state index >= 15 is 0 Å². The Morgan fingerprint density at radius 1 is 1.50 bits per heavy atom. The summed E-state index contributed by atoms with van der Waals surface area (Å²) in [5.74, 6) is 0. The van der Waals surface area contributed by atoms with Gasteiger partial charge in [-0.3, -0.25) is 4.90 Å². The molecule has 1 aromatic carbocycles. The highest BCUT2D eigenvalue weighted by Gasteiger charge is 2.24. The van der Waals surface area contributed by atoms with E-state index < -0.39 is 6.10 Å². The number of rotatable bonds is 5. The number of hydrogen-bond acceptors (Lipinski definition) is 3. The summed E-state index contributed by atoms with van der Waals surface area (Å²) in [6, 6.07) is 6.78. The maximum Gasteiger partial charge on any atom is 0.0762 e. The van der Waals surface area contributed by atoms with Crippen LogP contribution in [0.2, 0.25) is 0 Å². The SMILES string of the molecule is CCN1CCCC1CN(C)c1ccc([C@@H](C)O)cc1Br. The van der Waals surface area contributed by atoms with Crippen LogP contribution >= 0.6 is 15.9 Å². The largest absolute Gasteiger partial charge is 0.389 e. The first-order valence-electron chi connectivity index (χ1n) is 7.45. The Kier molecular flexibility index (Phi) is 5.47. The summed E-state index contributed by atoms with van der Waals surface area (Å²) in [7, 11) is 2.15. The van der Waals surface area contributed by atoms with Crippen LogP contribution in [0, 0.1) is 0 Å². The molecule has 0 spiro atoms. The van der Waals surface area contributed by atoms with Crippen molar-refractivity contribution >= 4 is 21.6 Å². The summed E-state index contributed by atoms with van der Waals surface area (Å²) in [6.07, 6.45) is 2.19. The van der Waals surface area contributed by atoms with E-state index in [0.29, 0.717) is 6.04 Å². The van der Waals surface area contributed by atoms with E-state index in [2.05, 4.69) is 45.8 Å². The summed E-state index contributed by atoms with van der Waals surface area (Å²) in [4.78, 5) is 4.88. The number of halogens is 1. The minimum atomic E-state index is -0.420. The molecule has 1 unspecified atom stereocenters. The third-order valence-corrected chi connectivity index (χ3v) is 4.89. The molecule has 1 N–H and O–H groups in total. The molecule has 1 saturated heterocycles. The number of anilines is 1. The van der Waals surface area contributed by atoms with Gasteiger partial charge in [-0.15, -0.1) is 0 Å². The molecule has 3 nitrogen and oxygen atoms in total. The van der Waals surface area contributed by atoms with Gasteiger partial charge in [-0.1, -0.05) is 13.0 Å². The molecule has 0 amide bonds. The summed E-state index contributed by atoms with van der Waals surface area (Å²) in [5, 5.41) is 9.63. The zero-order chi connectivity index (χ0) is 14.7. The standard InChI is InChI=1S/C16H25BrN2O/c1-4-19-9-5-6-14(19)11-18(3)16-8-7-13(12(2)20)10-15(16)17/h7-8,10,12,14,20H,4-6,9,11H2,1-3H3/t12-,14?/m1/s1. The van der Waals surface area contributed by atoms with Crippen LogP contribution in [-0.4, -0.2) is 42.7 Å². The van der Waals surface area contributed by atoms with Gasteiger partial charge in [0.05, 0.1) is 11.8 Å². The highest BCUT2D eigenvalue weighted by molar-refractivity contribution is 9.10. The molecular weight excluding hydrogens is 316 g/mol. The van der Waals surface area contributed by atoms with Crippen LogP contribution in [0.1, 0.15) is 38.4 Å². The second-order valence-corrected chi connectivity index (χ2v) is 6.55. The van der Waals surface area contributed by atoms with Gasteiger partial charge in [0.25, 0.3) is 0 Å². The number of likely N-dealkylation sites (tertiary alicyclic amines) is 1. The molecule has 1 aliphatic rings. The topological polar surface area (TPSA) is 26.7 Å². The van der Waals surface area contributed by atoms with Crippen LogP contribution in [-0.2, 0) is 0 Å². The van der Waals surface area contributed by atoms with E-state index in [0.717, 1.165) is 23.1 Å². The van der Waals surface area contributed by atoms with Gasteiger partial charge < -0.3 is 10.0 Å². The second kappa shape index (κ2) is 6.92. The summed E-state index contributed by atoms with van der Waals surface area (Å²) in [5.41, 5.74) is 2.14. The van der Waals surface area contributed by atoms with Gasteiger partial charge >= 0.3 is 0 Å². The quantitative estimate of drug-likeness (QED) is 0.889. The molecule has 1 heterocycles. The van der Waals surface area contributed by atoms with E-state index in [9.17, 15) is 5.11 Å². The van der Waals surface area contributed by atoms with Gasteiger partial charge in [0, 0.05) is 24.1 Å². The van der Waals surface area contributed by atoms with E-state index in [1.807, 2.05) is 12.1 Å². The monoisotopic (exact) mass is 340 g/mol. The van der Waals surface area contributed by atoms with Crippen molar-refractivity contribution in [3.63, 3.8) is 0 Å². The fourth-order valence-electron chi connectivity index (χ4n) is 3.03. The molecule has 0 aromatic heterocycles. The average Bonchev–Trinajstić information content (AvgIpc) is 2.85. The highest BCUT2D eigenvalue weighted by atomic mass is 79.9. The number of likely N-dealkylation sites (N-methyl/N-ethyl adjacent to an activating group) is 2. The van der Waals surface area contributed by atoms with Gasteiger partial charge in [0.1, 0.15) is 0 Å². The predicted octanol–water partition coefficient (Wildman–Crippen LogP) is 3.42. The first-order chi connectivity index (χ1) is 9.52. The third kappa shape index (κ3) is 3.54. The molecule has 4 heteroatoms. The number of nitrogens with zero attached hydrogens (tertiary/aromatic N) is 2.